The quantitative estimate of drug-likeness (QED) is 0.793. The third kappa shape index (κ3) is 5.11. The highest BCUT2D eigenvalue weighted by Crippen LogP contribution is 2.10. The smallest absolute Gasteiger partial charge is 0.236 e. The molecule has 2 aromatic rings. The molecule has 134 valence electrons. The number of halogens is 1. The molecule has 0 saturated carbocycles. The van der Waals surface area contributed by atoms with E-state index in [1.54, 1.807) is 24.2 Å². The lowest BCUT2D eigenvalue weighted by molar-refractivity contribution is -0.133. The van der Waals surface area contributed by atoms with E-state index in [2.05, 4.69) is 10.00 Å². The van der Waals surface area contributed by atoms with Gasteiger partial charge in [-0.25, -0.2) is 4.39 Å². The Morgan fingerprint density at radius 2 is 2.32 bits per heavy atom. The average molecular weight is 346 g/mol. The summed E-state index contributed by atoms with van der Waals surface area (Å²) in [7, 11) is 1.74. The van der Waals surface area contributed by atoms with Crippen LogP contribution >= 0.6 is 0 Å². The summed E-state index contributed by atoms with van der Waals surface area (Å²) in [6.07, 6.45) is 3.67. The van der Waals surface area contributed by atoms with E-state index in [9.17, 15) is 9.18 Å². The maximum absolute atomic E-state index is 13.3. The number of morpholine rings is 1. The third-order valence-electron chi connectivity index (χ3n) is 4.27. The van der Waals surface area contributed by atoms with Crippen LogP contribution in [0.5, 0.6) is 0 Å². The Balaban J connectivity index is 1.49. The summed E-state index contributed by atoms with van der Waals surface area (Å²) in [5.41, 5.74) is 0.786. The van der Waals surface area contributed by atoms with E-state index in [1.807, 2.05) is 23.0 Å². The van der Waals surface area contributed by atoms with Crippen molar-refractivity contribution in [1.29, 1.82) is 0 Å². The Kier molecular flexibility index (Phi) is 5.78. The van der Waals surface area contributed by atoms with Crippen LogP contribution in [0.4, 0.5) is 4.39 Å². The van der Waals surface area contributed by atoms with E-state index >= 15 is 0 Å². The number of aromatic nitrogens is 2. The number of amides is 1. The summed E-state index contributed by atoms with van der Waals surface area (Å²) in [4.78, 5) is 16.2. The molecular formula is C18H23FN4O2. The van der Waals surface area contributed by atoms with E-state index in [0.29, 0.717) is 32.8 Å². The van der Waals surface area contributed by atoms with Gasteiger partial charge in [-0.2, -0.15) is 5.10 Å². The second kappa shape index (κ2) is 8.22. The SMILES string of the molecule is CN(Cc1cccc(F)c1)C(=O)CN1CCO[C@@H](Cn2cccn2)C1. The van der Waals surface area contributed by atoms with Gasteiger partial charge in [-0.15, -0.1) is 0 Å². The summed E-state index contributed by atoms with van der Waals surface area (Å²) in [5.74, 6) is -0.267. The van der Waals surface area contributed by atoms with Crippen LogP contribution in [0, 0.1) is 5.82 Å². The Morgan fingerprint density at radius 1 is 1.44 bits per heavy atom. The number of carbonyl (C=O) groups is 1. The molecule has 1 aliphatic rings. The van der Waals surface area contributed by atoms with Gasteiger partial charge in [0, 0.05) is 39.1 Å². The van der Waals surface area contributed by atoms with Gasteiger partial charge in [0.25, 0.3) is 0 Å². The molecule has 25 heavy (non-hydrogen) atoms. The average Bonchev–Trinajstić information content (AvgIpc) is 3.08. The Bertz CT molecular complexity index is 692. The van der Waals surface area contributed by atoms with Crippen molar-refractivity contribution in [3.63, 3.8) is 0 Å². The van der Waals surface area contributed by atoms with Gasteiger partial charge >= 0.3 is 0 Å². The van der Waals surface area contributed by atoms with Crippen LogP contribution in [0.3, 0.4) is 0 Å². The zero-order valence-corrected chi connectivity index (χ0v) is 14.3. The van der Waals surface area contributed by atoms with Crippen LogP contribution in [0.1, 0.15) is 5.56 Å². The van der Waals surface area contributed by atoms with Crippen LogP contribution < -0.4 is 0 Å². The van der Waals surface area contributed by atoms with Crippen LogP contribution in [0.15, 0.2) is 42.7 Å². The topological polar surface area (TPSA) is 50.6 Å². The first-order chi connectivity index (χ1) is 12.1. The first-order valence-electron chi connectivity index (χ1n) is 8.40. The second-order valence-electron chi connectivity index (χ2n) is 6.34. The van der Waals surface area contributed by atoms with Crippen molar-refractivity contribution in [2.75, 3.05) is 33.3 Å². The summed E-state index contributed by atoms with van der Waals surface area (Å²) in [6, 6.07) is 8.22. The number of rotatable bonds is 6. The number of likely N-dealkylation sites (N-methyl/N-ethyl adjacent to an activating group) is 1. The molecule has 7 heteroatoms. The molecule has 3 rings (SSSR count). The van der Waals surface area contributed by atoms with Crippen LogP contribution in [0.25, 0.3) is 0 Å². The highest BCUT2D eigenvalue weighted by Gasteiger charge is 2.23. The number of ether oxygens (including phenoxy) is 1. The first kappa shape index (κ1) is 17.6. The van der Waals surface area contributed by atoms with E-state index in [1.165, 1.54) is 12.1 Å². The van der Waals surface area contributed by atoms with Crippen molar-refractivity contribution in [3.8, 4) is 0 Å². The highest BCUT2D eigenvalue weighted by atomic mass is 19.1. The molecule has 1 aromatic carbocycles. The molecule has 0 spiro atoms. The van der Waals surface area contributed by atoms with E-state index in [0.717, 1.165) is 12.1 Å². The highest BCUT2D eigenvalue weighted by molar-refractivity contribution is 5.78. The fourth-order valence-corrected chi connectivity index (χ4v) is 2.96. The molecule has 0 radical (unpaired) electrons. The van der Waals surface area contributed by atoms with Crippen molar-refractivity contribution >= 4 is 5.91 Å². The lowest BCUT2D eigenvalue weighted by Crippen LogP contribution is -2.48. The Morgan fingerprint density at radius 3 is 3.08 bits per heavy atom. The number of hydrogen-bond donors (Lipinski definition) is 0. The van der Waals surface area contributed by atoms with Gasteiger partial charge in [0.05, 0.1) is 25.8 Å². The normalized spacial score (nSPS) is 18.2. The van der Waals surface area contributed by atoms with Crippen molar-refractivity contribution in [3.05, 3.63) is 54.1 Å². The Hall–Kier alpha value is -2.25. The van der Waals surface area contributed by atoms with Crippen LogP contribution in [0.2, 0.25) is 0 Å². The molecule has 0 aliphatic carbocycles. The minimum Gasteiger partial charge on any atom is -0.374 e. The van der Waals surface area contributed by atoms with Gasteiger partial charge in [-0.3, -0.25) is 14.4 Å². The Labute approximate surface area is 146 Å². The van der Waals surface area contributed by atoms with E-state index < -0.39 is 0 Å². The van der Waals surface area contributed by atoms with Crippen molar-refractivity contribution in [2.24, 2.45) is 0 Å². The number of carbonyl (C=O) groups excluding carboxylic acids is 1. The van der Waals surface area contributed by atoms with Gasteiger partial charge < -0.3 is 9.64 Å². The minimum atomic E-state index is -0.284. The lowest BCUT2D eigenvalue weighted by Gasteiger charge is -2.33. The zero-order chi connectivity index (χ0) is 17.6. The summed E-state index contributed by atoms with van der Waals surface area (Å²) in [6.45, 7) is 3.45. The summed E-state index contributed by atoms with van der Waals surface area (Å²) in [5, 5.41) is 4.19. The van der Waals surface area contributed by atoms with Gasteiger partial charge in [0.1, 0.15) is 5.82 Å². The van der Waals surface area contributed by atoms with Crippen molar-refractivity contribution < 1.29 is 13.9 Å². The van der Waals surface area contributed by atoms with Crippen molar-refractivity contribution in [1.82, 2.24) is 19.6 Å². The maximum Gasteiger partial charge on any atom is 0.236 e. The number of hydrogen-bond acceptors (Lipinski definition) is 4. The summed E-state index contributed by atoms with van der Waals surface area (Å²) < 4.78 is 20.9. The lowest BCUT2D eigenvalue weighted by atomic mass is 10.2. The molecular weight excluding hydrogens is 323 g/mol. The molecule has 0 unspecified atom stereocenters. The number of nitrogens with zero attached hydrogens (tertiary/aromatic N) is 4. The molecule has 1 fully saturated rings. The minimum absolute atomic E-state index is 0.0176. The van der Waals surface area contributed by atoms with Crippen LogP contribution in [-0.4, -0.2) is 64.9 Å². The van der Waals surface area contributed by atoms with Gasteiger partial charge in [0.15, 0.2) is 0 Å². The molecule has 1 saturated heterocycles. The molecule has 1 aliphatic heterocycles. The fraction of sp³-hybridized carbons (Fsp3) is 0.444. The largest absolute Gasteiger partial charge is 0.374 e. The van der Waals surface area contributed by atoms with Gasteiger partial charge in [-0.05, 0) is 23.8 Å². The molecule has 2 heterocycles. The zero-order valence-electron chi connectivity index (χ0n) is 14.3. The molecule has 1 amide bonds. The van der Waals surface area contributed by atoms with Crippen molar-refractivity contribution in [2.45, 2.75) is 19.2 Å². The number of benzene rings is 1. The molecule has 1 atom stereocenters. The fourth-order valence-electron chi connectivity index (χ4n) is 2.96. The van der Waals surface area contributed by atoms with E-state index in [4.69, 9.17) is 4.74 Å². The third-order valence-corrected chi connectivity index (χ3v) is 4.27. The van der Waals surface area contributed by atoms with Gasteiger partial charge in [-0.1, -0.05) is 12.1 Å². The monoisotopic (exact) mass is 346 g/mol. The molecule has 0 N–H and O–H groups in total. The second-order valence-corrected chi connectivity index (χ2v) is 6.34. The first-order valence-corrected chi connectivity index (χ1v) is 8.40. The predicted molar refractivity (Wildman–Crippen MR) is 91.3 cm³/mol. The maximum atomic E-state index is 13.3. The molecule has 6 nitrogen and oxygen atoms in total. The predicted octanol–water partition coefficient (Wildman–Crippen LogP) is 1.38. The van der Waals surface area contributed by atoms with E-state index in [-0.39, 0.29) is 17.8 Å². The molecule has 0 bridgehead atoms. The molecule has 1 aromatic heterocycles. The summed E-state index contributed by atoms with van der Waals surface area (Å²) >= 11 is 0. The van der Waals surface area contributed by atoms with Crippen LogP contribution in [-0.2, 0) is 22.6 Å². The standard InChI is InChI=1S/C18H23FN4O2/c1-21(11-15-4-2-5-16(19)10-15)18(24)14-22-8-9-25-17(12-22)13-23-7-3-6-20-23/h2-7,10,17H,8-9,11-14H2,1H3/t17-/m1/s1. The van der Waals surface area contributed by atoms with Gasteiger partial charge in [0.2, 0.25) is 5.91 Å².